The van der Waals surface area contributed by atoms with E-state index in [0.29, 0.717) is 6.04 Å². The molecule has 0 saturated carbocycles. The summed E-state index contributed by atoms with van der Waals surface area (Å²) in [6.07, 6.45) is 2.59. The number of nitrogens with zero attached hydrogens (tertiary/aromatic N) is 1. The van der Waals surface area contributed by atoms with Crippen molar-refractivity contribution < 1.29 is 0 Å². The maximum atomic E-state index is 3.52. The van der Waals surface area contributed by atoms with Crippen molar-refractivity contribution in [3.05, 3.63) is 35.4 Å². The topological polar surface area (TPSA) is 15.3 Å². The van der Waals surface area contributed by atoms with E-state index in [4.69, 9.17) is 0 Å². The van der Waals surface area contributed by atoms with Crippen molar-refractivity contribution in [2.75, 3.05) is 20.6 Å². The van der Waals surface area contributed by atoms with E-state index < -0.39 is 0 Å². The van der Waals surface area contributed by atoms with Crippen LogP contribution in [0.2, 0.25) is 0 Å². The minimum absolute atomic E-state index is 0.596. The average molecular weight is 204 g/mol. The number of nitrogens with one attached hydrogen (secondary N) is 1. The van der Waals surface area contributed by atoms with Crippen LogP contribution in [0.3, 0.4) is 0 Å². The zero-order chi connectivity index (χ0) is 10.7. The molecule has 2 nitrogen and oxygen atoms in total. The molecule has 1 fully saturated rings. The van der Waals surface area contributed by atoms with Gasteiger partial charge in [0.2, 0.25) is 0 Å². The Bertz CT molecular complexity index is 297. The van der Waals surface area contributed by atoms with E-state index in [1.54, 1.807) is 0 Å². The Morgan fingerprint density at radius 2 is 2.00 bits per heavy atom. The fraction of sp³-hybridized carbons (Fsp3) is 0.538. The molecule has 1 aromatic carbocycles. The van der Waals surface area contributed by atoms with Gasteiger partial charge >= 0.3 is 0 Å². The van der Waals surface area contributed by atoms with Crippen LogP contribution >= 0.6 is 0 Å². The Hall–Kier alpha value is -0.860. The number of hydrogen-bond acceptors (Lipinski definition) is 2. The first-order valence-electron chi connectivity index (χ1n) is 5.72. The van der Waals surface area contributed by atoms with Crippen molar-refractivity contribution in [3.8, 4) is 0 Å². The molecule has 0 bridgehead atoms. The highest BCUT2D eigenvalue weighted by Crippen LogP contribution is 2.23. The van der Waals surface area contributed by atoms with Crippen molar-refractivity contribution in [2.45, 2.75) is 25.4 Å². The summed E-state index contributed by atoms with van der Waals surface area (Å²) in [5.74, 6) is 0. The predicted octanol–water partition coefficient (Wildman–Crippen LogP) is 2.17. The highest BCUT2D eigenvalue weighted by molar-refractivity contribution is 5.25. The van der Waals surface area contributed by atoms with Crippen molar-refractivity contribution in [1.29, 1.82) is 0 Å². The number of benzene rings is 1. The smallest absolute Gasteiger partial charge is 0.0320 e. The molecule has 1 aromatic rings. The van der Waals surface area contributed by atoms with Crippen molar-refractivity contribution >= 4 is 0 Å². The summed E-state index contributed by atoms with van der Waals surface area (Å²) in [6, 6.07) is 9.62. The third-order valence-corrected chi connectivity index (χ3v) is 2.94. The van der Waals surface area contributed by atoms with Gasteiger partial charge < -0.3 is 10.2 Å². The molecule has 0 amide bonds. The summed E-state index contributed by atoms with van der Waals surface area (Å²) >= 11 is 0. The molecule has 0 radical (unpaired) electrons. The third kappa shape index (κ3) is 2.80. The van der Waals surface area contributed by atoms with E-state index in [2.05, 4.69) is 48.6 Å². The Labute approximate surface area is 92.3 Å². The van der Waals surface area contributed by atoms with E-state index in [1.165, 1.54) is 30.5 Å². The lowest BCUT2D eigenvalue weighted by atomic mass is 10.0. The van der Waals surface area contributed by atoms with E-state index in [0.717, 1.165) is 6.54 Å². The average Bonchev–Trinajstić information content (AvgIpc) is 2.71. The van der Waals surface area contributed by atoms with Crippen LogP contribution in [-0.4, -0.2) is 25.5 Å². The second kappa shape index (κ2) is 4.77. The van der Waals surface area contributed by atoms with Gasteiger partial charge in [-0.05, 0) is 44.6 Å². The van der Waals surface area contributed by atoms with Crippen LogP contribution in [0.1, 0.15) is 30.0 Å². The van der Waals surface area contributed by atoms with Gasteiger partial charge in [0.25, 0.3) is 0 Å². The number of hydrogen-bond donors (Lipinski definition) is 1. The zero-order valence-corrected chi connectivity index (χ0v) is 9.66. The highest BCUT2D eigenvalue weighted by atomic mass is 15.0. The third-order valence-electron chi connectivity index (χ3n) is 2.94. The Balaban J connectivity index is 2.03. The molecule has 0 aromatic heterocycles. The minimum atomic E-state index is 0.596. The highest BCUT2D eigenvalue weighted by Gasteiger charge is 2.15. The van der Waals surface area contributed by atoms with Crippen molar-refractivity contribution in [2.24, 2.45) is 0 Å². The van der Waals surface area contributed by atoms with E-state index in [1.807, 2.05) is 0 Å². The maximum Gasteiger partial charge on any atom is 0.0320 e. The minimum Gasteiger partial charge on any atom is -0.310 e. The van der Waals surface area contributed by atoms with Crippen LogP contribution in [-0.2, 0) is 6.54 Å². The van der Waals surface area contributed by atoms with E-state index >= 15 is 0 Å². The summed E-state index contributed by atoms with van der Waals surface area (Å²) < 4.78 is 0. The molecule has 0 unspecified atom stereocenters. The summed E-state index contributed by atoms with van der Waals surface area (Å²) in [4.78, 5) is 2.20. The first-order valence-corrected chi connectivity index (χ1v) is 5.72. The van der Waals surface area contributed by atoms with Crippen LogP contribution in [0.4, 0.5) is 0 Å². The monoisotopic (exact) mass is 204 g/mol. The lowest BCUT2D eigenvalue weighted by Gasteiger charge is -2.13. The molecule has 2 heteroatoms. The number of rotatable bonds is 3. The molecule has 15 heavy (non-hydrogen) atoms. The van der Waals surface area contributed by atoms with Gasteiger partial charge in [-0.25, -0.2) is 0 Å². The van der Waals surface area contributed by atoms with Crippen LogP contribution in [0.25, 0.3) is 0 Å². The van der Waals surface area contributed by atoms with E-state index in [-0.39, 0.29) is 0 Å². The Morgan fingerprint density at radius 3 is 2.53 bits per heavy atom. The molecule has 1 saturated heterocycles. The van der Waals surface area contributed by atoms with Gasteiger partial charge in [-0.2, -0.15) is 0 Å². The second-order valence-corrected chi connectivity index (χ2v) is 4.63. The molecular formula is C13H20N2. The zero-order valence-electron chi connectivity index (χ0n) is 9.66. The Morgan fingerprint density at radius 1 is 1.27 bits per heavy atom. The summed E-state index contributed by atoms with van der Waals surface area (Å²) in [5.41, 5.74) is 2.83. The van der Waals surface area contributed by atoms with Gasteiger partial charge in [-0.1, -0.05) is 24.3 Å². The van der Waals surface area contributed by atoms with Crippen molar-refractivity contribution in [3.63, 3.8) is 0 Å². The summed E-state index contributed by atoms with van der Waals surface area (Å²) in [6.45, 7) is 2.20. The fourth-order valence-corrected chi connectivity index (χ4v) is 2.19. The molecule has 1 atom stereocenters. The molecule has 2 rings (SSSR count). The first kappa shape index (κ1) is 10.7. The second-order valence-electron chi connectivity index (χ2n) is 4.63. The van der Waals surface area contributed by atoms with Gasteiger partial charge in [-0.15, -0.1) is 0 Å². The van der Waals surface area contributed by atoms with Crippen LogP contribution in [0.5, 0.6) is 0 Å². The van der Waals surface area contributed by atoms with Gasteiger partial charge in [0.05, 0.1) is 0 Å². The molecule has 1 aliphatic heterocycles. The standard InChI is InChI=1S/C13H20N2/c1-15(2)10-11-5-7-12(8-6-11)13-4-3-9-14-13/h5-8,13-14H,3-4,9-10H2,1-2H3/t13-/m1/s1. The molecule has 1 aliphatic rings. The first-order chi connectivity index (χ1) is 7.25. The largest absolute Gasteiger partial charge is 0.310 e. The quantitative estimate of drug-likeness (QED) is 0.811. The normalized spacial score (nSPS) is 21.1. The fourth-order valence-electron chi connectivity index (χ4n) is 2.19. The van der Waals surface area contributed by atoms with Gasteiger partial charge in [0, 0.05) is 12.6 Å². The lowest BCUT2D eigenvalue weighted by Crippen LogP contribution is -2.13. The van der Waals surface area contributed by atoms with Gasteiger partial charge in [0.1, 0.15) is 0 Å². The molecule has 0 aliphatic carbocycles. The molecular weight excluding hydrogens is 184 g/mol. The SMILES string of the molecule is CN(C)Cc1ccc([C@H]2CCCN2)cc1. The van der Waals surface area contributed by atoms with Crippen molar-refractivity contribution in [1.82, 2.24) is 10.2 Å². The Kier molecular flexibility index (Phi) is 3.39. The molecule has 0 spiro atoms. The molecule has 82 valence electrons. The van der Waals surface area contributed by atoms with Gasteiger partial charge in [0.15, 0.2) is 0 Å². The summed E-state index contributed by atoms with van der Waals surface area (Å²) in [7, 11) is 4.21. The van der Waals surface area contributed by atoms with Crippen LogP contribution in [0, 0.1) is 0 Å². The maximum absolute atomic E-state index is 3.52. The van der Waals surface area contributed by atoms with E-state index in [9.17, 15) is 0 Å². The predicted molar refractivity (Wildman–Crippen MR) is 63.8 cm³/mol. The molecule has 1 heterocycles. The summed E-state index contributed by atoms with van der Waals surface area (Å²) in [5, 5.41) is 3.52. The van der Waals surface area contributed by atoms with Crippen LogP contribution < -0.4 is 5.32 Å². The molecule has 1 N–H and O–H groups in total. The van der Waals surface area contributed by atoms with Gasteiger partial charge in [-0.3, -0.25) is 0 Å². The van der Waals surface area contributed by atoms with Crippen LogP contribution in [0.15, 0.2) is 24.3 Å². The lowest BCUT2D eigenvalue weighted by molar-refractivity contribution is 0.402.